The van der Waals surface area contributed by atoms with Crippen LogP contribution in [0.3, 0.4) is 0 Å². The van der Waals surface area contributed by atoms with Crippen LogP contribution in [0, 0.1) is 5.41 Å². The lowest BCUT2D eigenvalue weighted by Gasteiger charge is -2.34. The molecule has 3 rings (SSSR count). The van der Waals surface area contributed by atoms with Crippen LogP contribution in [0.25, 0.3) is 0 Å². The minimum atomic E-state index is 0.260. The minimum Gasteiger partial charge on any atom is -0.311 e. The summed E-state index contributed by atoms with van der Waals surface area (Å²) < 4.78 is 0. The molecular formula is C21H36N2. The molecule has 2 unspecified atom stereocenters. The second kappa shape index (κ2) is 7.98. The molecule has 0 aromatic heterocycles. The molecule has 2 nitrogen and oxygen atoms in total. The number of hydrogen-bond donors (Lipinski definition) is 2. The first kappa shape index (κ1) is 17.2. The van der Waals surface area contributed by atoms with E-state index in [1.54, 1.807) is 0 Å². The minimum absolute atomic E-state index is 0.260. The summed E-state index contributed by atoms with van der Waals surface area (Å²) in [5, 5.41) is 7.78. The normalized spacial score (nSPS) is 27.0. The van der Waals surface area contributed by atoms with Crippen molar-refractivity contribution in [3.8, 4) is 0 Å². The Morgan fingerprint density at radius 1 is 0.783 bits per heavy atom. The van der Waals surface area contributed by atoms with Crippen LogP contribution >= 0.6 is 0 Å². The molecule has 0 aliphatic heterocycles. The van der Waals surface area contributed by atoms with Gasteiger partial charge in [0.15, 0.2) is 0 Å². The quantitative estimate of drug-likeness (QED) is 0.677. The maximum atomic E-state index is 3.89. The zero-order valence-electron chi connectivity index (χ0n) is 15.2. The van der Waals surface area contributed by atoms with E-state index >= 15 is 0 Å². The maximum Gasteiger partial charge on any atom is 0.00965 e. The fraction of sp³-hybridized carbons (Fsp3) is 0.810. The third-order valence-corrected chi connectivity index (χ3v) is 6.09. The first-order valence-electron chi connectivity index (χ1n) is 10.0. The van der Waals surface area contributed by atoms with E-state index in [2.05, 4.69) is 48.8 Å². The average molecular weight is 317 g/mol. The number of hydrogen-bond acceptors (Lipinski definition) is 2. The zero-order valence-corrected chi connectivity index (χ0v) is 15.2. The number of nitrogens with one attached hydrogen (secondary N) is 2. The van der Waals surface area contributed by atoms with Crippen molar-refractivity contribution in [1.29, 1.82) is 0 Å². The van der Waals surface area contributed by atoms with Crippen molar-refractivity contribution in [2.24, 2.45) is 5.41 Å². The SMILES string of the molecule is CC(CC1(CC(C)NC2CCCC2)C=CC=C1)NC1CCCC1. The van der Waals surface area contributed by atoms with E-state index in [1.807, 2.05) is 0 Å². The van der Waals surface area contributed by atoms with Gasteiger partial charge in [-0.2, -0.15) is 0 Å². The van der Waals surface area contributed by atoms with E-state index in [0.717, 1.165) is 12.1 Å². The molecule has 0 aromatic rings. The Morgan fingerprint density at radius 2 is 1.17 bits per heavy atom. The first-order chi connectivity index (χ1) is 11.2. The van der Waals surface area contributed by atoms with E-state index in [0.29, 0.717) is 12.1 Å². The lowest BCUT2D eigenvalue weighted by atomic mass is 9.78. The lowest BCUT2D eigenvalue weighted by molar-refractivity contribution is 0.290. The molecule has 2 saturated carbocycles. The van der Waals surface area contributed by atoms with Crippen molar-refractivity contribution in [3.05, 3.63) is 24.3 Å². The van der Waals surface area contributed by atoms with Crippen molar-refractivity contribution in [2.75, 3.05) is 0 Å². The topological polar surface area (TPSA) is 24.1 Å². The van der Waals surface area contributed by atoms with E-state index in [4.69, 9.17) is 0 Å². The molecule has 130 valence electrons. The van der Waals surface area contributed by atoms with Crippen molar-refractivity contribution in [3.63, 3.8) is 0 Å². The van der Waals surface area contributed by atoms with Gasteiger partial charge in [0.1, 0.15) is 0 Å². The van der Waals surface area contributed by atoms with Crippen LogP contribution in [0.4, 0.5) is 0 Å². The Hall–Kier alpha value is -0.600. The third kappa shape index (κ3) is 4.93. The van der Waals surface area contributed by atoms with Crippen LogP contribution in [0.5, 0.6) is 0 Å². The Kier molecular flexibility index (Phi) is 5.98. The van der Waals surface area contributed by atoms with E-state index in [-0.39, 0.29) is 5.41 Å². The van der Waals surface area contributed by atoms with Crippen LogP contribution in [0.15, 0.2) is 24.3 Å². The van der Waals surface area contributed by atoms with Crippen LogP contribution < -0.4 is 10.6 Å². The summed E-state index contributed by atoms with van der Waals surface area (Å²) in [6, 6.07) is 2.74. The fourth-order valence-corrected chi connectivity index (χ4v) is 5.15. The van der Waals surface area contributed by atoms with Crippen LogP contribution in [-0.4, -0.2) is 24.2 Å². The van der Waals surface area contributed by atoms with Gasteiger partial charge in [-0.1, -0.05) is 50.0 Å². The van der Waals surface area contributed by atoms with Gasteiger partial charge in [0.2, 0.25) is 0 Å². The van der Waals surface area contributed by atoms with Gasteiger partial charge in [-0.05, 0) is 52.4 Å². The van der Waals surface area contributed by atoms with Gasteiger partial charge in [-0.15, -0.1) is 0 Å². The maximum absolute atomic E-state index is 3.89. The number of rotatable bonds is 8. The van der Waals surface area contributed by atoms with Gasteiger partial charge in [0.05, 0.1) is 0 Å². The fourth-order valence-electron chi connectivity index (χ4n) is 5.15. The highest BCUT2D eigenvalue weighted by Gasteiger charge is 2.32. The highest BCUT2D eigenvalue weighted by atomic mass is 15.0. The summed E-state index contributed by atoms with van der Waals surface area (Å²) in [5.74, 6) is 0. The summed E-state index contributed by atoms with van der Waals surface area (Å²) in [4.78, 5) is 0. The van der Waals surface area contributed by atoms with Crippen molar-refractivity contribution in [2.45, 2.75) is 102 Å². The van der Waals surface area contributed by atoms with Gasteiger partial charge in [-0.3, -0.25) is 0 Å². The van der Waals surface area contributed by atoms with Gasteiger partial charge < -0.3 is 10.6 Å². The molecule has 0 heterocycles. The van der Waals surface area contributed by atoms with Crippen LogP contribution in [0.1, 0.15) is 78.1 Å². The van der Waals surface area contributed by atoms with Crippen molar-refractivity contribution in [1.82, 2.24) is 10.6 Å². The Labute approximate surface area is 143 Å². The molecule has 23 heavy (non-hydrogen) atoms. The molecular weight excluding hydrogens is 280 g/mol. The number of allylic oxidation sites excluding steroid dienone is 4. The van der Waals surface area contributed by atoms with Crippen molar-refractivity contribution < 1.29 is 0 Å². The second-order valence-electron chi connectivity index (χ2n) is 8.46. The molecule has 0 spiro atoms. The smallest absolute Gasteiger partial charge is 0.00965 e. The summed E-state index contributed by atoms with van der Waals surface area (Å²) in [6.07, 6.45) is 23.0. The molecule has 0 saturated heterocycles. The first-order valence-corrected chi connectivity index (χ1v) is 10.0. The van der Waals surface area contributed by atoms with Crippen LogP contribution in [-0.2, 0) is 0 Å². The van der Waals surface area contributed by atoms with Crippen molar-refractivity contribution >= 4 is 0 Å². The molecule has 0 radical (unpaired) electrons. The molecule has 2 atom stereocenters. The third-order valence-electron chi connectivity index (χ3n) is 6.09. The van der Waals surface area contributed by atoms with E-state index in [9.17, 15) is 0 Å². The monoisotopic (exact) mass is 316 g/mol. The highest BCUT2D eigenvalue weighted by molar-refractivity contribution is 5.25. The summed E-state index contributed by atoms with van der Waals surface area (Å²) in [5.41, 5.74) is 0.260. The molecule has 3 aliphatic carbocycles. The highest BCUT2D eigenvalue weighted by Crippen LogP contribution is 2.37. The van der Waals surface area contributed by atoms with Gasteiger partial charge >= 0.3 is 0 Å². The van der Waals surface area contributed by atoms with Gasteiger partial charge in [0, 0.05) is 29.6 Å². The molecule has 2 fully saturated rings. The zero-order chi connectivity index (χ0) is 16.1. The molecule has 0 aromatic carbocycles. The standard InChI is InChI=1S/C21H36N2/c1-17(22-19-9-3-4-10-19)15-21(13-7-8-14-21)16-18(2)23-20-11-5-6-12-20/h7-8,13-14,17-20,22-23H,3-6,9-12,15-16H2,1-2H3. The molecule has 2 N–H and O–H groups in total. The summed E-state index contributed by atoms with van der Waals surface area (Å²) in [7, 11) is 0. The summed E-state index contributed by atoms with van der Waals surface area (Å²) >= 11 is 0. The largest absolute Gasteiger partial charge is 0.311 e. The predicted molar refractivity (Wildman–Crippen MR) is 99.7 cm³/mol. The predicted octanol–water partition coefficient (Wildman–Crippen LogP) is 4.72. The second-order valence-corrected chi connectivity index (χ2v) is 8.46. The average Bonchev–Trinajstić information content (AvgIpc) is 3.22. The van der Waals surface area contributed by atoms with Crippen LogP contribution in [0.2, 0.25) is 0 Å². The molecule has 0 bridgehead atoms. The molecule has 2 heteroatoms. The van der Waals surface area contributed by atoms with E-state index < -0.39 is 0 Å². The van der Waals surface area contributed by atoms with Gasteiger partial charge in [0.25, 0.3) is 0 Å². The van der Waals surface area contributed by atoms with E-state index in [1.165, 1.54) is 64.2 Å². The summed E-state index contributed by atoms with van der Waals surface area (Å²) in [6.45, 7) is 4.77. The Morgan fingerprint density at radius 3 is 1.57 bits per heavy atom. The Bertz CT molecular complexity index is 374. The molecule has 3 aliphatic rings. The molecule has 0 amide bonds. The Balaban J connectivity index is 1.51. The lowest BCUT2D eigenvalue weighted by Crippen LogP contribution is -2.41. The van der Waals surface area contributed by atoms with Gasteiger partial charge in [-0.25, -0.2) is 0 Å².